The molecule has 1 N–H and O–H groups in total. The number of hydrogen-bond acceptors (Lipinski definition) is 7. The highest BCUT2D eigenvalue weighted by molar-refractivity contribution is 8.16. The molecule has 0 aromatic heterocycles. The second-order valence-electron chi connectivity index (χ2n) is 8.60. The van der Waals surface area contributed by atoms with Crippen molar-refractivity contribution in [2.24, 2.45) is 4.99 Å². The average Bonchev–Trinajstić information content (AvgIpc) is 3.43. The maximum Gasteiger partial charge on any atom is 0.338 e. The quantitative estimate of drug-likeness (QED) is 0.585. The number of nitrogens with one attached hydrogen (secondary N) is 1. The van der Waals surface area contributed by atoms with Crippen LogP contribution >= 0.6 is 11.8 Å². The number of hydrogen-bond donors (Lipinski definition) is 1. The maximum atomic E-state index is 12.8. The van der Waals surface area contributed by atoms with E-state index in [0.29, 0.717) is 24.6 Å². The third-order valence-electron chi connectivity index (χ3n) is 6.56. The third-order valence-corrected chi connectivity index (χ3v) is 7.45. The van der Waals surface area contributed by atoms with Gasteiger partial charge in [-0.05, 0) is 50.2 Å². The predicted octanol–water partition coefficient (Wildman–Crippen LogP) is 3.82. The van der Waals surface area contributed by atoms with E-state index in [1.54, 1.807) is 0 Å². The number of likely N-dealkylation sites (tertiary alicyclic amines) is 1. The van der Waals surface area contributed by atoms with Crippen LogP contribution < -0.4 is 5.32 Å². The van der Waals surface area contributed by atoms with Gasteiger partial charge in [-0.3, -0.25) is 4.79 Å². The van der Waals surface area contributed by atoms with Crippen LogP contribution in [0.2, 0.25) is 0 Å². The van der Waals surface area contributed by atoms with E-state index >= 15 is 0 Å². The van der Waals surface area contributed by atoms with Gasteiger partial charge in [-0.25, -0.2) is 9.79 Å². The Morgan fingerprint density at radius 2 is 2.06 bits per heavy atom. The van der Waals surface area contributed by atoms with Gasteiger partial charge in [-0.1, -0.05) is 49.0 Å². The summed E-state index contributed by atoms with van der Waals surface area (Å²) in [6, 6.07) is 10.1. The van der Waals surface area contributed by atoms with Crippen molar-refractivity contribution in [3.63, 3.8) is 0 Å². The number of fused-ring (bicyclic) bond motifs is 1. The minimum absolute atomic E-state index is 0.0135. The normalized spacial score (nSPS) is 22.7. The highest BCUT2D eigenvalue weighted by atomic mass is 32.2. The van der Waals surface area contributed by atoms with Gasteiger partial charge >= 0.3 is 5.97 Å². The van der Waals surface area contributed by atoms with Crippen molar-refractivity contribution in [3.8, 4) is 0 Å². The maximum absolute atomic E-state index is 12.8. The largest absolute Gasteiger partial charge is 0.466 e. The van der Waals surface area contributed by atoms with Crippen molar-refractivity contribution in [1.29, 1.82) is 0 Å². The fourth-order valence-corrected chi connectivity index (χ4v) is 5.75. The number of methoxy groups -OCH3 is 1. The Balaban J connectivity index is 1.52. The summed E-state index contributed by atoms with van der Waals surface area (Å²) in [5.41, 5.74) is 3.08. The van der Waals surface area contributed by atoms with Crippen molar-refractivity contribution in [2.45, 2.75) is 51.1 Å². The van der Waals surface area contributed by atoms with E-state index in [1.807, 2.05) is 47.6 Å². The van der Waals surface area contributed by atoms with Crippen molar-refractivity contribution in [2.75, 3.05) is 27.2 Å². The molecule has 8 heteroatoms. The van der Waals surface area contributed by atoms with Gasteiger partial charge in [0.1, 0.15) is 0 Å². The molecule has 7 nitrogen and oxygen atoms in total. The number of thioether (sulfide) groups is 1. The van der Waals surface area contributed by atoms with Gasteiger partial charge in [0.2, 0.25) is 5.91 Å². The first kappa shape index (κ1) is 23.6. The van der Waals surface area contributed by atoms with E-state index in [2.05, 4.69) is 17.3 Å². The number of aliphatic imine (C=N–C) groups is 1. The monoisotopic (exact) mass is 468 g/mol. The van der Waals surface area contributed by atoms with E-state index in [-0.39, 0.29) is 24.3 Å². The molecule has 1 aromatic carbocycles. The summed E-state index contributed by atoms with van der Waals surface area (Å²) in [5, 5.41) is 5.86. The van der Waals surface area contributed by atoms with Crippen LogP contribution in [0, 0.1) is 0 Å². The Bertz CT molecular complexity index is 989. The summed E-state index contributed by atoms with van der Waals surface area (Å²) in [6.07, 6.45) is 4.26. The van der Waals surface area contributed by atoms with Gasteiger partial charge in [0.05, 0.1) is 30.8 Å². The van der Waals surface area contributed by atoms with Gasteiger partial charge in [-0.2, -0.15) is 0 Å². The SMILES string of the molecule is CCC1=C(C(=O)OC)[C@H](c2ccccc2)N2C(CC(=O)NCC[C@H]3CCCN3C)=CSC2=N1. The first-order valence-electron chi connectivity index (χ1n) is 11.6. The second-order valence-corrected chi connectivity index (χ2v) is 9.44. The molecular formula is C25H32N4O3S. The number of esters is 1. The molecule has 1 amide bonds. The van der Waals surface area contributed by atoms with Crippen LogP contribution in [0.1, 0.15) is 50.6 Å². The smallest absolute Gasteiger partial charge is 0.338 e. The molecule has 0 radical (unpaired) electrons. The highest BCUT2D eigenvalue weighted by Gasteiger charge is 2.41. The average molecular weight is 469 g/mol. The van der Waals surface area contributed by atoms with Crippen LogP contribution in [0.3, 0.4) is 0 Å². The molecule has 4 rings (SSSR count). The number of nitrogens with zero attached hydrogens (tertiary/aromatic N) is 3. The number of ether oxygens (including phenoxy) is 1. The van der Waals surface area contributed by atoms with Gasteiger partial charge in [0.25, 0.3) is 0 Å². The summed E-state index contributed by atoms with van der Waals surface area (Å²) >= 11 is 1.50. The number of benzene rings is 1. The molecule has 0 saturated carbocycles. The fourth-order valence-electron chi connectivity index (χ4n) is 4.81. The standard InChI is InChI=1S/C25H32N4O3S/c1-4-20-22(24(31)32-3)23(17-9-6-5-7-10-17)29-19(16-33-25(29)27-20)15-21(30)26-13-12-18-11-8-14-28(18)2/h5-7,9-10,16,18,23H,4,8,11-15H2,1-3H3,(H,26,30)/t18-,23+/m1/s1. The van der Waals surface area contributed by atoms with Crippen LogP contribution in [0.25, 0.3) is 0 Å². The van der Waals surface area contributed by atoms with Crippen molar-refractivity contribution in [1.82, 2.24) is 15.1 Å². The molecule has 2 atom stereocenters. The fraction of sp³-hybridized carbons (Fsp3) is 0.480. The van der Waals surface area contributed by atoms with E-state index in [9.17, 15) is 9.59 Å². The molecule has 3 heterocycles. The second kappa shape index (κ2) is 10.6. The predicted molar refractivity (Wildman–Crippen MR) is 131 cm³/mol. The molecule has 0 aliphatic carbocycles. The van der Waals surface area contributed by atoms with E-state index in [4.69, 9.17) is 9.73 Å². The summed E-state index contributed by atoms with van der Waals surface area (Å²) in [5.74, 6) is -0.398. The molecule has 0 spiro atoms. The minimum Gasteiger partial charge on any atom is -0.466 e. The van der Waals surface area contributed by atoms with Gasteiger partial charge in [-0.15, -0.1) is 0 Å². The number of rotatable bonds is 8. The number of carbonyl (C=O) groups is 2. The van der Waals surface area contributed by atoms with E-state index in [1.165, 1.54) is 31.7 Å². The van der Waals surface area contributed by atoms with Gasteiger partial charge < -0.3 is 19.9 Å². The zero-order valence-corrected chi connectivity index (χ0v) is 20.4. The van der Waals surface area contributed by atoms with Crippen molar-refractivity contribution >= 4 is 28.8 Å². The van der Waals surface area contributed by atoms with Crippen molar-refractivity contribution < 1.29 is 14.3 Å². The number of amidine groups is 1. The Morgan fingerprint density at radius 3 is 2.73 bits per heavy atom. The molecule has 0 bridgehead atoms. The zero-order chi connectivity index (χ0) is 23.4. The lowest BCUT2D eigenvalue weighted by atomic mass is 9.93. The van der Waals surface area contributed by atoms with Crippen molar-refractivity contribution in [3.05, 3.63) is 58.3 Å². The lowest BCUT2D eigenvalue weighted by Gasteiger charge is -2.36. The molecule has 176 valence electrons. The number of amides is 1. The van der Waals surface area contributed by atoms with Crippen LogP contribution in [0.5, 0.6) is 0 Å². The lowest BCUT2D eigenvalue weighted by molar-refractivity contribution is -0.136. The molecule has 3 aliphatic rings. The van der Waals surface area contributed by atoms with Crippen LogP contribution in [-0.2, 0) is 14.3 Å². The highest BCUT2D eigenvalue weighted by Crippen LogP contribution is 2.45. The van der Waals surface area contributed by atoms with Gasteiger partial charge in [0.15, 0.2) is 5.17 Å². The Labute approximate surface area is 199 Å². The topological polar surface area (TPSA) is 74.2 Å². The molecule has 3 aliphatic heterocycles. The van der Waals surface area contributed by atoms with E-state index < -0.39 is 0 Å². The molecule has 0 unspecified atom stereocenters. The summed E-state index contributed by atoms with van der Waals surface area (Å²) in [7, 11) is 3.55. The summed E-state index contributed by atoms with van der Waals surface area (Å²) < 4.78 is 5.15. The third kappa shape index (κ3) is 5.01. The minimum atomic E-state index is -0.384. The number of carbonyl (C=O) groups excluding carboxylic acids is 2. The van der Waals surface area contributed by atoms with Crippen LogP contribution in [-0.4, -0.2) is 60.1 Å². The molecule has 33 heavy (non-hydrogen) atoms. The van der Waals surface area contributed by atoms with Crippen LogP contribution in [0.4, 0.5) is 0 Å². The van der Waals surface area contributed by atoms with E-state index in [0.717, 1.165) is 35.1 Å². The Hall–Kier alpha value is -2.58. The number of allylic oxidation sites excluding steroid dienone is 1. The Morgan fingerprint density at radius 1 is 1.27 bits per heavy atom. The Kier molecular flexibility index (Phi) is 7.55. The first-order valence-corrected chi connectivity index (χ1v) is 12.5. The molecule has 1 saturated heterocycles. The molecular weight excluding hydrogens is 436 g/mol. The summed E-state index contributed by atoms with van der Waals surface area (Å²) in [6.45, 7) is 3.80. The molecule has 1 aromatic rings. The molecule has 1 fully saturated rings. The zero-order valence-electron chi connectivity index (χ0n) is 19.5. The van der Waals surface area contributed by atoms with Crippen LogP contribution in [0.15, 0.2) is 57.7 Å². The first-order chi connectivity index (χ1) is 16.0. The lowest BCUT2D eigenvalue weighted by Crippen LogP contribution is -2.38. The van der Waals surface area contributed by atoms with Gasteiger partial charge in [0, 0.05) is 18.3 Å². The summed E-state index contributed by atoms with van der Waals surface area (Å²) in [4.78, 5) is 34.8.